The van der Waals surface area contributed by atoms with Crippen molar-refractivity contribution < 1.29 is 9.90 Å². The van der Waals surface area contributed by atoms with Crippen LogP contribution in [-0.4, -0.2) is 25.7 Å². The van der Waals surface area contributed by atoms with Gasteiger partial charge in [-0.05, 0) is 18.6 Å². The van der Waals surface area contributed by atoms with E-state index in [9.17, 15) is 4.79 Å². The normalized spacial score (nSPS) is 12.0. The molecule has 0 radical (unpaired) electrons. The smallest absolute Gasteiger partial charge is 0.335 e. The third-order valence-electron chi connectivity index (χ3n) is 2.86. The van der Waals surface area contributed by atoms with Gasteiger partial charge in [0.1, 0.15) is 5.82 Å². The van der Waals surface area contributed by atoms with Crippen molar-refractivity contribution in [2.75, 3.05) is 0 Å². The molecule has 0 aliphatic rings. The third-order valence-corrected chi connectivity index (χ3v) is 2.86. The molecular weight excluding hydrogens is 230 g/mol. The predicted octanol–water partition coefficient (Wildman–Crippen LogP) is 2.29. The van der Waals surface area contributed by atoms with Crippen LogP contribution in [0.4, 0.5) is 0 Å². The van der Waals surface area contributed by atoms with Crippen molar-refractivity contribution in [2.45, 2.75) is 39.5 Å². The van der Waals surface area contributed by atoms with Crippen LogP contribution < -0.4 is 0 Å². The van der Waals surface area contributed by atoms with Gasteiger partial charge in [-0.25, -0.2) is 4.79 Å². The first-order chi connectivity index (χ1) is 8.34. The van der Waals surface area contributed by atoms with Gasteiger partial charge >= 0.3 is 5.97 Å². The summed E-state index contributed by atoms with van der Waals surface area (Å²) >= 11 is 0. The average molecular weight is 247 g/mol. The topological polar surface area (TPSA) is 67.5 Å². The van der Waals surface area contributed by atoms with E-state index < -0.39 is 5.97 Å². The highest BCUT2D eigenvalue weighted by molar-refractivity contribution is 5.89. The lowest BCUT2D eigenvalue weighted by molar-refractivity contribution is 0.0696. The summed E-state index contributed by atoms with van der Waals surface area (Å²) in [6.45, 7) is 8.18. The molecule has 0 spiro atoms. The van der Waals surface area contributed by atoms with Gasteiger partial charge in [-0.3, -0.25) is 4.40 Å². The monoisotopic (exact) mass is 247 g/mol. The Kier molecular flexibility index (Phi) is 2.84. The minimum atomic E-state index is -0.937. The van der Waals surface area contributed by atoms with Crippen molar-refractivity contribution in [1.82, 2.24) is 14.6 Å². The number of carbonyl (C=O) groups is 1. The van der Waals surface area contributed by atoms with E-state index in [0.29, 0.717) is 5.65 Å². The lowest BCUT2D eigenvalue weighted by Gasteiger charge is -2.17. The highest BCUT2D eigenvalue weighted by Gasteiger charge is 2.23. The second kappa shape index (κ2) is 4.08. The quantitative estimate of drug-likeness (QED) is 0.884. The summed E-state index contributed by atoms with van der Waals surface area (Å²) in [6, 6.07) is 3.25. The van der Waals surface area contributed by atoms with Crippen LogP contribution in [0, 0.1) is 0 Å². The summed E-state index contributed by atoms with van der Waals surface area (Å²) in [6.07, 6.45) is 0.735. The molecule has 0 saturated carbocycles. The van der Waals surface area contributed by atoms with Gasteiger partial charge in [-0.2, -0.15) is 0 Å². The Hall–Kier alpha value is -1.91. The van der Waals surface area contributed by atoms with Gasteiger partial charge in [-0.15, -0.1) is 10.2 Å². The van der Waals surface area contributed by atoms with Crippen LogP contribution in [-0.2, 0) is 11.8 Å². The SMILES string of the molecule is CCc1cc(C(=O)O)cc2nnc(C(C)(C)C)n12. The number of aromatic carboxylic acids is 1. The summed E-state index contributed by atoms with van der Waals surface area (Å²) in [7, 11) is 0. The second-order valence-corrected chi connectivity index (χ2v) is 5.36. The summed E-state index contributed by atoms with van der Waals surface area (Å²) in [5.41, 5.74) is 1.64. The molecule has 2 aromatic rings. The summed E-state index contributed by atoms with van der Waals surface area (Å²) in [5, 5.41) is 17.4. The number of pyridine rings is 1. The first kappa shape index (κ1) is 12.5. The van der Waals surface area contributed by atoms with Crippen LogP contribution in [0.15, 0.2) is 12.1 Å². The zero-order chi connectivity index (χ0) is 13.5. The molecule has 1 N–H and O–H groups in total. The van der Waals surface area contributed by atoms with Gasteiger partial charge in [0.15, 0.2) is 5.65 Å². The van der Waals surface area contributed by atoms with Gasteiger partial charge in [0.25, 0.3) is 0 Å². The van der Waals surface area contributed by atoms with Gasteiger partial charge in [-0.1, -0.05) is 27.7 Å². The molecule has 0 aliphatic carbocycles. The molecule has 0 bridgehead atoms. The molecular formula is C13H17N3O2. The largest absolute Gasteiger partial charge is 0.478 e. The zero-order valence-corrected chi connectivity index (χ0v) is 11.1. The molecule has 2 aromatic heterocycles. The fourth-order valence-corrected chi connectivity index (χ4v) is 1.97. The highest BCUT2D eigenvalue weighted by atomic mass is 16.4. The maximum absolute atomic E-state index is 11.1. The highest BCUT2D eigenvalue weighted by Crippen LogP contribution is 2.23. The fraction of sp³-hybridized carbons (Fsp3) is 0.462. The zero-order valence-electron chi connectivity index (χ0n) is 11.1. The van der Waals surface area contributed by atoms with Gasteiger partial charge in [0.2, 0.25) is 0 Å². The molecule has 0 aliphatic heterocycles. The van der Waals surface area contributed by atoms with Gasteiger partial charge in [0.05, 0.1) is 5.56 Å². The van der Waals surface area contributed by atoms with Crippen LogP contribution in [0.3, 0.4) is 0 Å². The minimum absolute atomic E-state index is 0.131. The van der Waals surface area contributed by atoms with Crippen molar-refractivity contribution in [1.29, 1.82) is 0 Å². The number of hydrogen-bond acceptors (Lipinski definition) is 3. The van der Waals surface area contributed by atoms with E-state index >= 15 is 0 Å². The Morgan fingerprint density at radius 3 is 2.50 bits per heavy atom. The number of carboxylic acid groups (broad SMARTS) is 1. The average Bonchev–Trinajstić information content (AvgIpc) is 2.70. The summed E-state index contributed by atoms with van der Waals surface area (Å²) in [5.74, 6) is -0.0844. The van der Waals surface area contributed by atoms with Crippen molar-refractivity contribution in [2.24, 2.45) is 0 Å². The van der Waals surface area contributed by atoms with Crippen molar-refractivity contribution in [3.63, 3.8) is 0 Å². The summed E-state index contributed by atoms with van der Waals surface area (Å²) in [4.78, 5) is 11.1. The Bertz CT molecular complexity index is 608. The Morgan fingerprint density at radius 1 is 1.33 bits per heavy atom. The maximum Gasteiger partial charge on any atom is 0.335 e. The van der Waals surface area contributed by atoms with E-state index in [1.165, 1.54) is 0 Å². The molecule has 2 heterocycles. The number of hydrogen-bond donors (Lipinski definition) is 1. The maximum atomic E-state index is 11.1. The molecule has 18 heavy (non-hydrogen) atoms. The van der Waals surface area contributed by atoms with Crippen LogP contribution in [0.2, 0.25) is 0 Å². The van der Waals surface area contributed by atoms with Crippen LogP contribution in [0.1, 0.15) is 49.6 Å². The fourth-order valence-electron chi connectivity index (χ4n) is 1.97. The molecule has 5 heteroatoms. The molecule has 0 unspecified atom stereocenters. The molecule has 0 aromatic carbocycles. The van der Waals surface area contributed by atoms with Crippen LogP contribution >= 0.6 is 0 Å². The Morgan fingerprint density at radius 2 is 2.00 bits per heavy atom. The molecule has 0 saturated heterocycles. The minimum Gasteiger partial charge on any atom is -0.478 e. The number of nitrogens with zero attached hydrogens (tertiary/aromatic N) is 3. The first-order valence-electron chi connectivity index (χ1n) is 5.96. The van der Waals surface area contributed by atoms with E-state index in [2.05, 4.69) is 31.0 Å². The van der Waals surface area contributed by atoms with E-state index in [-0.39, 0.29) is 11.0 Å². The first-order valence-corrected chi connectivity index (χ1v) is 5.96. The van der Waals surface area contributed by atoms with Crippen LogP contribution in [0.5, 0.6) is 0 Å². The van der Waals surface area contributed by atoms with Gasteiger partial charge < -0.3 is 5.11 Å². The van der Waals surface area contributed by atoms with Crippen molar-refractivity contribution >= 4 is 11.6 Å². The summed E-state index contributed by atoms with van der Waals surface area (Å²) < 4.78 is 1.95. The number of carboxylic acids is 1. The van der Waals surface area contributed by atoms with Crippen molar-refractivity contribution in [3.8, 4) is 0 Å². The Balaban J connectivity index is 2.78. The standard InChI is InChI=1S/C13H17N3O2/c1-5-9-6-8(11(17)18)7-10-14-15-12(16(9)10)13(2,3)4/h6-7H,5H2,1-4H3,(H,17,18). The molecule has 5 nitrogen and oxygen atoms in total. The predicted molar refractivity (Wildman–Crippen MR) is 68.0 cm³/mol. The molecule has 0 fully saturated rings. The lowest BCUT2D eigenvalue weighted by atomic mass is 9.95. The van der Waals surface area contributed by atoms with E-state index in [4.69, 9.17) is 5.11 Å². The van der Waals surface area contributed by atoms with E-state index in [1.54, 1.807) is 12.1 Å². The van der Waals surface area contributed by atoms with E-state index in [0.717, 1.165) is 17.9 Å². The van der Waals surface area contributed by atoms with E-state index in [1.807, 2.05) is 11.3 Å². The van der Waals surface area contributed by atoms with Gasteiger partial charge in [0, 0.05) is 11.1 Å². The number of aromatic nitrogens is 3. The number of aryl methyl sites for hydroxylation is 1. The Labute approximate surface area is 105 Å². The lowest BCUT2D eigenvalue weighted by Crippen LogP contribution is -2.17. The molecule has 0 amide bonds. The third kappa shape index (κ3) is 1.96. The second-order valence-electron chi connectivity index (χ2n) is 5.36. The number of rotatable bonds is 2. The van der Waals surface area contributed by atoms with Crippen molar-refractivity contribution in [3.05, 3.63) is 29.2 Å². The molecule has 0 atom stereocenters. The molecule has 2 rings (SSSR count). The molecule has 96 valence electrons. The van der Waals surface area contributed by atoms with Crippen LogP contribution in [0.25, 0.3) is 5.65 Å². The number of fused-ring (bicyclic) bond motifs is 1.